The Morgan fingerprint density at radius 1 is 0.587 bits per heavy atom. The quantitative estimate of drug-likeness (QED) is 0.132. The zero-order chi connectivity index (χ0) is 35.0. The molecule has 6 nitrogen and oxygen atoms in total. The molecule has 2 N–H and O–H groups in total. The summed E-state index contributed by atoms with van der Waals surface area (Å²) in [7, 11) is -7.15. The van der Waals surface area contributed by atoms with Crippen molar-refractivity contribution < 1.29 is 80.2 Å². The van der Waals surface area contributed by atoms with Crippen LogP contribution in [-0.2, 0) is 21.0 Å². The lowest BCUT2D eigenvalue weighted by molar-refractivity contribution is -0.373. The van der Waals surface area contributed by atoms with Gasteiger partial charge in [0.2, 0.25) is 0 Å². The molecule has 0 radical (unpaired) electrons. The molecule has 0 spiro atoms. The molecule has 1 unspecified atom stereocenters. The first-order valence-corrected chi connectivity index (χ1v) is 14.9. The molecule has 3 aromatic carbocycles. The second-order valence-electron chi connectivity index (χ2n) is 9.36. The Labute approximate surface area is 254 Å². The van der Waals surface area contributed by atoms with Crippen LogP contribution in [0.5, 0.6) is 11.5 Å². The molecule has 0 aliphatic rings. The number of ether oxygens (including phenoxy) is 2. The molecule has 20 heteroatoms. The van der Waals surface area contributed by atoms with E-state index in [0.29, 0.717) is 21.9 Å². The fourth-order valence-electron chi connectivity index (χ4n) is 3.72. The Morgan fingerprint density at radius 2 is 0.978 bits per heavy atom. The number of alkyl halides is 12. The third kappa shape index (κ3) is 7.95. The van der Waals surface area contributed by atoms with Gasteiger partial charge in [-0.3, -0.25) is 4.55 Å². The fourth-order valence-corrected chi connectivity index (χ4v) is 6.68. The van der Waals surface area contributed by atoms with Crippen molar-refractivity contribution in [3.63, 3.8) is 0 Å². The predicted molar refractivity (Wildman–Crippen MR) is 136 cm³/mol. The summed E-state index contributed by atoms with van der Waals surface area (Å²) in [6.07, 6.45) is -25.0. The lowest BCUT2D eigenvalue weighted by Gasteiger charge is -2.36. The minimum atomic E-state index is -6.37. The van der Waals surface area contributed by atoms with Gasteiger partial charge >= 0.3 is 30.3 Å². The minimum Gasteiger partial charge on any atom is -0.490 e. The summed E-state index contributed by atoms with van der Waals surface area (Å²) in [4.78, 5) is 0.982. The molecule has 0 saturated carbocycles. The molecule has 0 amide bonds. The first-order valence-electron chi connectivity index (χ1n) is 12.1. The number of hydrogen-bond acceptors (Lipinski definition) is 5. The summed E-state index contributed by atoms with van der Waals surface area (Å²) in [5.74, 6) is -4.52. The molecule has 0 fully saturated rings. The normalized spacial score (nSPS) is 14.6. The molecule has 0 aromatic heterocycles. The van der Waals surface area contributed by atoms with E-state index in [2.05, 4.69) is 9.47 Å². The molecule has 0 aliphatic heterocycles. The highest BCUT2D eigenvalue weighted by atomic mass is 32.2. The van der Waals surface area contributed by atoms with Gasteiger partial charge in [-0.05, 0) is 60.7 Å². The van der Waals surface area contributed by atoms with Crippen molar-refractivity contribution in [3.05, 3.63) is 78.9 Å². The summed E-state index contributed by atoms with van der Waals surface area (Å²) >= 11 is 0. The molecule has 3 aromatic rings. The van der Waals surface area contributed by atoms with E-state index in [1.165, 1.54) is 12.1 Å². The van der Waals surface area contributed by atoms with E-state index in [1.54, 1.807) is 30.3 Å². The van der Waals surface area contributed by atoms with Crippen LogP contribution in [0.15, 0.2) is 93.5 Å². The Hall–Kier alpha value is -3.36. The SMILES string of the molecule is O=S(=O)(O)CC(Oc1ccc([S+](c2ccccc2)c2ccc(OCC(O)(C(F)(F)F)C(F)(F)F)cc2)cc1)(C(F)(F)F)C(F)(F)F. The fraction of sp³-hybridized carbons (Fsp3) is 0.308. The number of rotatable bonds is 10. The zero-order valence-electron chi connectivity index (χ0n) is 22.3. The predicted octanol–water partition coefficient (Wildman–Crippen LogP) is 7.15. The van der Waals surface area contributed by atoms with Crippen LogP contribution < -0.4 is 9.47 Å². The molecule has 1 atom stereocenters. The zero-order valence-corrected chi connectivity index (χ0v) is 23.9. The molecule has 0 heterocycles. The molecular formula is C26H19F12O6S2+. The maximum absolute atomic E-state index is 13.7. The van der Waals surface area contributed by atoms with E-state index < -0.39 is 80.8 Å². The first-order chi connectivity index (χ1) is 20.8. The lowest BCUT2D eigenvalue weighted by atomic mass is 10.0. The van der Waals surface area contributed by atoms with Crippen molar-refractivity contribution in [3.8, 4) is 11.5 Å². The van der Waals surface area contributed by atoms with Gasteiger partial charge in [-0.1, -0.05) is 18.2 Å². The smallest absolute Gasteiger partial charge is 0.438 e. The molecule has 0 bridgehead atoms. The number of aliphatic hydroxyl groups is 1. The van der Waals surface area contributed by atoms with Gasteiger partial charge in [0.15, 0.2) is 14.7 Å². The average molecular weight is 720 g/mol. The van der Waals surface area contributed by atoms with E-state index in [9.17, 15) is 66.2 Å². The van der Waals surface area contributed by atoms with Crippen molar-refractivity contribution in [1.82, 2.24) is 0 Å². The van der Waals surface area contributed by atoms with Gasteiger partial charge in [-0.25, -0.2) is 0 Å². The highest BCUT2D eigenvalue weighted by molar-refractivity contribution is 7.97. The van der Waals surface area contributed by atoms with Gasteiger partial charge in [-0.2, -0.15) is 61.1 Å². The molecule has 254 valence electrons. The van der Waals surface area contributed by atoms with Crippen molar-refractivity contribution >= 4 is 21.0 Å². The third-order valence-electron chi connectivity index (χ3n) is 6.08. The number of halogens is 12. The van der Waals surface area contributed by atoms with Crippen LogP contribution in [-0.4, -0.2) is 66.3 Å². The van der Waals surface area contributed by atoms with Crippen molar-refractivity contribution in [2.45, 2.75) is 50.6 Å². The second kappa shape index (κ2) is 12.7. The summed E-state index contributed by atoms with van der Waals surface area (Å²) in [6.45, 7) is -2.24. The highest BCUT2D eigenvalue weighted by Crippen LogP contribution is 2.47. The first kappa shape index (κ1) is 37.1. The van der Waals surface area contributed by atoms with E-state index in [4.69, 9.17) is 4.55 Å². The van der Waals surface area contributed by atoms with Gasteiger partial charge < -0.3 is 14.6 Å². The number of hydrogen-bond donors (Lipinski definition) is 2. The van der Waals surface area contributed by atoms with Crippen LogP contribution in [0.1, 0.15) is 0 Å². The molecular weight excluding hydrogens is 700 g/mol. The average Bonchev–Trinajstić information content (AvgIpc) is 2.90. The standard InChI is InChI=1S/C26H18F12O6S2/c27-23(28,29)21(39,24(30,31)32)14-43-16-6-10-19(11-7-16)45(18-4-2-1-3-5-18)20-12-8-17(9-13-20)44-22(25(33,34)35,26(36,37)38)15-46(40,41)42/h1-13,39H,14-15H2/p+1. The molecule has 0 saturated heterocycles. The van der Waals surface area contributed by atoms with Crippen LogP contribution in [0.4, 0.5) is 52.7 Å². The van der Waals surface area contributed by atoms with Gasteiger partial charge in [0.1, 0.15) is 23.9 Å². The number of benzene rings is 3. The minimum absolute atomic E-state index is 0.204. The van der Waals surface area contributed by atoms with E-state index in [1.807, 2.05) is 0 Å². The summed E-state index contributed by atoms with van der Waals surface area (Å²) in [5.41, 5.74) is -10.5. The maximum Gasteiger partial charge on any atom is 0.438 e. The van der Waals surface area contributed by atoms with Crippen molar-refractivity contribution in [1.29, 1.82) is 0 Å². The highest BCUT2D eigenvalue weighted by Gasteiger charge is 2.75. The Kier molecular flexibility index (Phi) is 10.2. The van der Waals surface area contributed by atoms with Crippen molar-refractivity contribution in [2.24, 2.45) is 0 Å². The lowest BCUT2D eigenvalue weighted by Crippen LogP contribution is -2.64. The maximum atomic E-state index is 13.7. The van der Waals surface area contributed by atoms with Gasteiger partial charge in [-0.15, -0.1) is 0 Å². The van der Waals surface area contributed by atoms with Gasteiger partial charge in [0.05, 0.1) is 10.9 Å². The largest absolute Gasteiger partial charge is 0.490 e. The molecule has 3 rings (SSSR count). The Morgan fingerprint density at radius 3 is 1.35 bits per heavy atom. The van der Waals surface area contributed by atoms with Crippen LogP contribution in [0.3, 0.4) is 0 Å². The van der Waals surface area contributed by atoms with E-state index in [-0.39, 0.29) is 4.90 Å². The van der Waals surface area contributed by atoms with E-state index in [0.717, 1.165) is 24.3 Å². The van der Waals surface area contributed by atoms with Crippen LogP contribution in [0.2, 0.25) is 0 Å². The summed E-state index contributed by atoms with van der Waals surface area (Å²) < 4.78 is 200. The Bertz CT molecular complexity index is 1540. The van der Waals surface area contributed by atoms with Gasteiger partial charge in [0.25, 0.3) is 15.7 Å². The van der Waals surface area contributed by atoms with E-state index >= 15 is 0 Å². The van der Waals surface area contributed by atoms with Crippen molar-refractivity contribution in [2.75, 3.05) is 12.4 Å². The Balaban J connectivity index is 1.98. The topological polar surface area (TPSA) is 93.1 Å². The summed E-state index contributed by atoms with van der Waals surface area (Å²) in [5, 5.41) is 9.27. The molecule has 46 heavy (non-hydrogen) atoms. The molecule has 0 aliphatic carbocycles. The van der Waals surface area contributed by atoms with Crippen LogP contribution in [0.25, 0.3) is 0 Å². The summed E-state index contributed by atoms with van der Waals surface area (Å²) in [6, 6.07) is 15.6. The van der Waals surface area contributed by atoms with Crippen LogP contribution in [0, 0.1) is 0 Å². The monoisotopic (exact) mass is 719 g/mol. The van der Waals surface area contributed by atoms with Crippen LogP contribution >= 0.6 is 0 Å². The second-order valence-corrected chi connectivity index (χ2v) is 12.8. The van der Waals surface area contributed by atoms with Gasteiger partial charge in [0, 0.05) is 0 Å². The third-order valence-corrected chi connectivity index (χ3v) is 9.08.